The van der Waals surface area contributed by atoms with Crippen LogP contribution in [0.4, 0.5) is 5.69 Å². The molecule has 0 aliphatic rings. The van der Waals surface area contributed by atoms with E-state index in [0.717, 1.165) is 18.1 Å². The molecule has 0 saturated heterocycles. The van der Waals surface area contributed by atoms with Gasteiger partial charge in [-0.3, -0.25) is 0 Å². The molecule has 1 heterocycles. The highest BCUT2D eigenvalue weighted by atomic mass is 32.1. The number of anilines is 1. The van der Waals surface area contributed by atoms with Crippen LogP contribution in [0.1, 0.15) is 24.4 Å². The Kier molecular flexibility index (Phi) is 4.53. The lowest BCUT2D eigenvalue weighted by molar-refractivity contribution is 0.866. The molecule has 0 atom stereocenters. The minimum absolute atomic E-state index is 1.04. The van der Waals surface area contributed by atoms with E-state index in [2.05, 4.69) is 60.1 Å². The first-order valence-corrected chi connectivity index (χ1v) is 7.14. The number of aromatic nitrogens is 1. The Morgan fingerprint density at radius 1 is 1.11 bits per heavy atom. The van der Waals surface area contributed by atoms with E-state index in [1.165, 1.54) is 11.3 Å². The van der Waals surface area contributed by atoms with Gasteiger partial charge in [-0.25, -0.2) is 4.98 Å². The summed E-state index contributed by atoms with van der Waals surface area (Å²) in [6, 6.07) is 8.65. The summed E-state index contributed by atoms with van der Waals surface area (Å²) < 4.78 is 0. The van der Waals surface area contributed by atoms with E-state index in [0.29, 0.717) is 0 Å². The maximum Gasteiger partial charge on any atom is 0.116 e. The standard InChI is InChI=1S/C15H18N2S/c1-3-17(4-2)14-8-5-13(6-9-14)7-10-15-16-11-12-18-15/h5-12H,3-4H2,1-2H3. The Labute approximate surface area is 113 Å². The molecule has 0 saturated carbocycles. The van der Waals surface area contributed by atoms with Crippen molar-refractivity contribution in [1.82, 2.24) is 4.98 Å². The fourth-order valence-corrected chi connectivity index (χ4v) is 2.40. The van der Waals surface area contributed by atoms with Crippen molar-refractivity contribution in [3.8, 4) is 0 Å². The van der Waals surface area contributed by atoms with E-state index < -0.39 is 0 Å². The molecule has 3 heteroatoms. The Morgan fingerprint density at radius 3 is 2.39 bits per heavy atom. The van der Waals surface area contributed by atoms with Crippen molar-refractivity contribution in [2.24, 2.45) is 0 Å². The van der Waals surface area contributed by atoms with E-state index in [-0.39, 0.29) is 0 Å². The molecule has 18 heavy (non-hydrogen) atoms. The first-order valence-electron chi connectivity index (χ1n) is 6.26. The molecule has 1 aromatic carbocycles. The van der Waals surface area contributed by atoms with Crippen molar-refractivity contribution in [2.75, 3.05) is 18.0 Å². The van der Waals surface area contributed by atoms with Gasteiger partial charge in [0, 0.05) is 30.4 Å². The molecule has 0 aliphatic heterocycles. The molecule has 1 aromatic heterocycles. The zero-order chi connectivity index (χ0) is 12.8. The van der Waals surface area contributed by atoms with Gasteiger partial charge >= 0.3 is 0 Å². The van der Waals surface area contributed by atoms with Crippen molar-refractivity contribution >= 4 is 29.2 Å². The van der Waals surface area contributed by atoms with Crippen LogP contribution in [0.5, 0.6) is 0 Å². The molecule has 0 radical (unpaired) electrons. The Balaban J connectivity index is 2.08. The average Bonchev–Trinajstić information content (AvgIpc) is 2.92. The second kappa shape index (κ2) is 6.36. The molecule has 0 amide bonds. The second-order valence-electron chi connectivity index (χ2n) is 3.97. The number of hydrogen-bond acceptors (Lipinski definition) is 3. The van der Waals surface area contributed by atoms with Crippen LogP contribution in [0.2, 0.25) is 0 Å². The van der Waals surface area contributed by atoms with Crippen LogP contribution < -0.4 is 4.90 Å². The Hall–Kier alpha value is -1.61. The topological polar surface area (TPSA) is 16.1 Å². The van der Waals surface area contributed by atoms with Crippen LogP contribution in [0.25, 0.3) is 12.2 Å². The average molecular weight is 258 g/mol. The smallest absolute Gasteiger partial charge is 0.116 e. The van der Waals surface area contributed by atoms with Crippen molar-refractivity contribution in [3.05, 3.63) is 46.4 Å². The molecule has 2 rings (SSSR count). The van der Waals surface area contributed by atoms with Crippen LogP contribution >= 0.6 is 11.3 Å². The lowest BCUT2D eigenvalue weighted by Crippen LogP contribution is -2.21. The van der Waals surface area contributed by atoms with Crippen LogP contribution in [-0.4, -0.2) is 18.1 Å². The third-order valence-electron chi connectivity index (χ3n) is 2.89. The normalized spacial score (nSPS) is 11.0. The third kappa shape index (κ3) is 3.20. The summed E-state index contributed by atoms with van der Waals surface area (Å²) in [5, 5.41) is 3.03. The van der Waals surface area contributed by atoms with Crippen LogP contribution in [-0.2, 0) is 0 Å². The van der Waals surface area contributed by atoms with Crippen molar-refractivity contribution < 1.29 is 0 Å². The van der Waals surface area contributed by atoms with E-state index in [1.807, 2.05) is 11.6 Å². The van der Waals surface area contributed by atoms with Gasteiger partial charge in [-0.05, 0) is 37.6 Å². The Bertz CT molecular complexity index is 482. The maximum atomic E-state index is 4.23. The van der Waals surface area contributed by atoms with Gasteiger partial charge in [0.2, 0.25) is 0 Å². The zero-order valence-electron chi connectivity index (χ0n) is 10.8. The molecule has 0 N–H and O–H groups in total. The van der Waals surface area contributed by atoms with Crippen LogP contribution in [0, 0.1) is 0 Å². The number of thiazole rings is 1. The van der Waals surface area contributed by atoms with E-state index >= 15 is 0 Å². The zero-order valence-corrected chi connectivity index (χ0v) is 11.7. The molecule has 0 aliphatic carbocycles. The SMILES string of the molecule is CCN(CC)c1ccc(C=Cc2nccs2)cc1. The fourth-order valence-electron chi connectivity index (χ4n) is 1.87. The summed E-state index contributed by atoms with van der Waals surface area (Å²) in [7, 11) is 0. The van der Waals surface area contributed by atoms with Gasteiger partial charge in [0.15, 0.2) is 0 Å². The summed E-state index contributed by atoms with van der Waals surface area (Å²) in [4.78, 5) is 6.57. The summed E-state index contributed by atoms with van der Waals surface area (Å²) in [6.07, 6.45) is 5.98. The largest absolute Gasteiger partial charge is 0.372 e. The Morgan fingerprint density at radius 2 is 1.83 bits per heavy atom. The molecule has 94 valence electrons. The highest BCUT2D eigenvalue weighted by Crippen LogP contribution is 2.16. The first kappa shape index (κ1) is 12.8. The molecular weight excluding hydrogens is 240 g/mol. The monoisotopic (exact) mass is 258 g/mol. The predicted octanol–water partition coefficient (Wildman–Crippen LogP) is 4.16. The van der Waals surface area contributed by atoms with Crippen molar-refractivity contribution in [2.45, 2.75) is 13.8 Å². The van der Waals surface area contributed by atoms with Gasteiger partial charge in [-0.1, -0.05) is 18.2 Å². The summed E-state index contributed by atoms with van der Waals surface area (Å²) in [6.45, 7) is 6.45. The number of hydrogen-bond donors (Lipinski definition) is 0. The van der Waals surface area contributed by atoms with Crippen LogP contribution in [0.3, 0.4) is 0 Å². The molecule has 0 fully saturated rings. The van der Waals surface area contributed by atoms with E-state index in [4.69, 9.17) is 0 Å². The van der Waals surface area contributed by atoms with Crippen LogP contribution in [0.15, 0.2) is 35.8 Å². The molecule has 2 aromatic rings. The van der Waals surface area contributed by atoms with E-state index in [1.54, 1.807) is 11.3 Å². The first-order chi connectivity index (χ1) is 8.83. The minimum Gasteiger partial charge on any atom is -0.372 e. The van der Waals surface area contributed by atoms with Crippen molar-refractivity contribution in [3.63, 3.8) is 0 Å². The lowest BCUT2D eigenvalue weighted by Gasteiger charge is -2.20. The summed E-state index contributed by atoms with van der Waals surface area (Å²) in [5.74, 6) is 0. The summed E-state index contributed by atoms with van der Waals surface area (Å²) >= 11 is 1.65. The maximum absolute atomic E-state index is 4.23. The third-order valence-corrected chi connectivity index (χ3v) is 3.63. The molecular formula is C15H18N2S. The van der Waals surface area contributed by atoms with Gasteiger partial charge in [0.05, 0.1) is 0 Å². The highest BCUT2D eigenvalue weighted by Gasteiger charge is 2.00. The van der Waals surface area contributed by atoms with E-state index in [9.17, 15) is 0 Å². The van der Waals surface area contributed by atoms with Gasteiger partial charge in [-0.15, -0.1) is 11.3 Å². The quantitative estimate of drug-likeness (QED) is 0.800. The molecule has 0 spiro atoms. The minimum atomic E-state index is 1.04. The highest BCUT2D eigenvalue weighted by molar-refractivity contribution is 7.10. The lowest BCUT2D eigenvalue weighted by atomic mass is 10.2. The molecule has 0 unspecified atom stereocenters. The summed E-state index contributed by atoms with van der Waals surface area (Å²) in [5.41, 5.74) is 2.49. The van der Waals surface area contributed by atoms with Gasteiger partial charge in [-0.2, -0.15) is 0 Å². The van der Waals surface area contributed by atoms with Gasteiger partial charge in [0.25, 0.3) is 0 Å². The number of rotatable bonds is 5. The van der Waals surface area contributed by atoms with Gasteiger partial charge in [0.1, 0.15) is 5.01 Å². The molecule has 0 bridgehead atoms. The second-order valence-corrected chi connectivity index (χ2v) is 4.89. The predicted molar refractivity (Wildman–Crippen MR) is 81.0 cm³/mol. The van der Waals surface area contributed by atoms with Crippen molar-refractivity contribution in [1.29, 1.82) is 0 Å². The number of benzene rings is 1. The molecule has 2 nitrogen and oxygen atoms in total. The van der Waals surface area contributed by atoms with Gasteiger partial charge < -0.3 is 4.90 Å². The fraction of sp³-hybridized carbons (Fsp3) is 0.267. The number of nitrogens with zero attached hydrogens (tertiary/aromatic N) is 2.